The van der Waals surface area contributed by atoms with E-state index in [1.54, 1.807) is 12.1 Å². The zero-order chi connectivity index (χ0) is 20.6. The molecule has 0 aliphatic carbocycles. The smallest absolute Gasteiger partial charge is 0.341 e. The summed E-state index contributed by atoms with van der Waals surface area (Å²) in [6.07, 6.45) is 8.59. The summed E-state index contributed by atoms with van der Waals surface area (Å²) in [5.41, 5.74) is 3.44. The molecule has 0 saturated heterocycles. The first-order chi connectivity index (χ1) is 14.0. The number of aliphatic carboxylic acids is 1. The molecule has 1 N–H and O–H groups in total. The van der Waals surface area contributed by atoms with E-state index in [0.717, 1.165) is 24.1 Å². The van der Waals surface area contributed by atoms with E-state index in [9.17, 15) is 9.59 Å². The van der Waals surface area contributed by atoms with Crippen molar-refractivity contribution in [1.29, 1.82) is 0 Å². The first-order valence-electron chi connectivity index (χ1n) is 9.39. The Bertz CT molecular complexity index is 1020. The number of carbonyl (C=O) groups is 2. The predicted molar refractivity (Wildman–Crippen MR) is 112 cm³/mol. The Morgan fingerprint density at radius 3 is 2.62 bits per heavy atom. The molecule has 0 spiro atoms. The molecule has 3 rings (SSSR count). The largest absolute Gasteiger partial charge is 0.482 e. The van der Waals surface area contributed by atoms with Crippen LogP contribution in [-0.2, 0) is 11.3 Å². The molecular weight excluding hydrogens is 366 g/mol. The number of ketones is 1. The van der Waals surface area contributed by atoms with Gasteiger partial charge < -0.3 is 14.4 Å². The maximum absolute atomic E-state index is 12.5. The molecule has 0 saturated carbocycles. The van der Waals surface area contributed by atoms with Gasteiger partial charge in [-0.3, -0.25) is 4.79 Å². The van der Waals surface area contributed by atoms with Gasteiger partial charge in [-0.25, -0.2) is 4.79 Å². The van der Waals surface area contributed by atoms with Gasteiger partial charge in [-0.1, -0.05) is 54.1 Å². The van der Waals surface area contributed by atoms with E-state index >= 15 is 0 Å². The maximum Gasteiger partial charge on any atom is 0.341 e. The number of aryl methyl sites for hydroxylation is 2. The summed E-state index contributed by atoms with van der Waals surface area (Å²) in [5, 5.41) is 8.67. The first kappa shape index (κ1) is 20.1. The molecule has 5 heteroatoms. The standard InChI is InChI=1S/C24H23NO4/c1-18-8-10-20(11-9-18)24(28)21-12-14-25(16-21)13-3-2-5-19-6-4-7-22(15-19)29-17-23(26)27/h2,4-12,14-16H,3,13,17H2,1H3,(H,26,27). The van der Waals surface area contributed by atoms with Crippen LogP contribution in [0.1, 0.15) is 33.5 Å². The van der Waals surface area contributed by atoms with Gasteiger partial charge >= 0.3 is 5.97 Å². The molecule has 0 aliphatic heterocycles. The fourth-order valence-corrected chi connectivity index (χ4v) is 2.88. The van der Waals surface area contributed by atoms with Crippen molar-refractivity contribution in [3.05, 3.63) is 95.3 Å². The lowest BCUT2D eigenvalue weighted by molar-refractivity contribution is -0.139. The van der Waals surface area contributed by atoms with Crippen molar-refractivity contribution in [1.82, 2.24) is 4.57 Å². The summed E-state index contributed by atoms with van der Waals surface area (Å²) >= 11 is 0. The molecule has 1 aromatic heterocycles. The Kier molecular flexibility index (Phi) is 6.63. The third-order valence-electron chi connectivity index (χ3n) is 4.41. The fraction of sp³-hybridized carbons (Fsp3) is 0.167. The molecule has 148 valence electrons. The summed E-state index contributed by atoms with van der Waals surface area (Å²) in [5.74, 6) is -0.449. The number of hydrogen-bond acceptors (Lipinski definition) is 3. The number of rotatable bonds is 9. The number of nitrogens with zero attached hydrogens (tertiary/aromatic N) is 1. The third kappa shape index (κ3) is 5.94. The summed E-state index contributed by atoms with van der Waals surface area (Å²) in [7, 11) is 0. The van der Waals surface area contributed by atoms with E-state index in [1.807, 2.05) is 78.5 Å². The maximum atomic E-state index is 12.5. The highest BCUT2D eigenvalue weighted by molar-refractivity contribution is 6.08. The molecule has 0 aliphatic rings. The average molecular weight is 389 g/mol. The first-order valence-corrected chi connectivity index (χ1v) is 9.39. The minimum Gasteiger partial charge on any atom is -0.482 e. The number of carboxylic acids is 1. The minimum atomic E-state index is -1.00. The fourth-order valence-electron chi connectivity index (χ4n) is 2.88. The molecule has 0 bridgehead atoms. The number of allylic oxidation sites excluding steroid dienone is 1. The predicted octanol–water partition coefficient (Wildman–Crippen LogP) is 4.59. The molecule has 0 unspecified atom stereocenters. The van der Waals surface area contributed by atoms with Gasteiger partial charge in [0.1, 0.15) is 5.75 Å². The molecule has 2 aromatic carbocycles. The molecule has 5 nitrogen and oxygen atoms in total. The highest BCUT2D eigenvalue weighted by atomic mass is 16.5. The van der Waals surface area contributed by atoms with E-state index in [2.05, 4.69) is 0 Å². The monoisotopic (exact) mass is 389 g/mol. The second kappa shape index (κ2) is 9.55. The average Bonchev–Trinajstić information content (AvgIpc) is 3.19. The van der Waals surface area contributed by atoms with E-state index in [4.69, 9.17) is 9.84 Å². The van der Waals surface area contributed by atoms with Crippen molar-refractivity contribution in [2.24, 2.45) is 0 Å². The van der Waals surface area contributed by atoms with Crippen LogP contribution < -0.4 is 4.74 Å². The van der Waals surface area contributed by atoms with E-state index in [1.165, 1.54) is 0 Å². The number of ether oxygens (including phenoxy) is 1. The van der Waals surface area contributed by atoms with Crippen LogP contribution in [0.5, 0.6) is 5.75 Å². The summed E-state index contributed by atoms with van der Waals surface area (Å²) in [6.45, 7) is 2.40. The molecule has 0 radical (unpaired) electrons. The summed E-state index contributed by atoms with van der Waals surface area (Å²) in [6, 6.07) is 16.7. The lowest BCUT2D eigenvalue weighted by Gasteiger charge is -2.04. The van der Waals surface area contributed by atoms with Gasteiger partial charge in [0.05, 0.1) is 0 Å². The summed E-state index contributed by atoms with van der Waals surface area (Å²) < 4.78 is 7.18. The quantitative estimate of drug-likeness (QED) is 0.543. The van der Waals surface area contributed by atoms with Crippen molar-refractivity contribution >= 4 is 17.8 Å². The van der Waals surface area contributed by atoms with Crippen LogP contribution in [0.2, 0.25) is 0 Å². The number of aromatic nitrogens is 1. The van der Waals surface area contributed by atoms with Gasteiger partial charge in [-0.2, -0.15) is 0 Å². The Hall–Kier alpha value is -3.60. The van der Waals surface area contributed by atoms with Crippen LogP contribution >= 0.6 is 0 Å². The van der Waals surface area contributed by atoms with Gasteiger partial charge in [-0.05, 0) is 37.1 Å². The van der Waals surface area contributed by atoms with Crippen molar-refractivity contribution in [2.45, 2.75) is 19.9 Å². The lowest BCUT2D eigenvalue weighted by Crippen LogP contribution is -2.09. The van der Waals surface area contributed by atoms with E-state index in [-0.39, 0.29) is 12.4 Å². The van der Waals surface area contributed by atoms with Gasteiger partial charge in [0.15, 0.2) is 12.4 Å². The van der Waals surface area contributed by atoms with E-state index < -0.39 is 5.97 Å². The zero-order valence-electron chi connectivity index (χ0n) is 16.2. The molecule has 1 heterocycles. The number of carboxylic acid groups (broad SMARTS) is 1. The number of hydrogen-bond donors (Lipinski definition) is 1. The van der Waals surface area contributed by atoms with Crippen molar-refractivity contribution in [2.75, 3.05) is 6.61 Å². The lowest BCUT2D eigenvalue weighted by atomic mass is 10.0. The van der Waals surface area contributed by atoms with Gasteiger partial charge in [0.2, 0.25) is 0 Å². The molecule has 0 amide bonds. The van der Waals surface area contributed by atoms with Crippen LogP contribution in [0.15, 0.2) is 73.1 Å². The van der Waals surface area contributed by atoms with Crippen LogP contribution in [-0.4, -0.2) is 28.0 Å². The highest BCUT2D eigenvalue weighted by Crippen LogP contribution is 2.15. The van der Waals surface area contributed by atoms with Gasteiger partial charge in [0.25, 0.3) is 0 Å². The highest BCUT2D eigenvalue weighted by Gasteiger charge is 2.10. The SMILES string of the molecule is Cc1ccc(C(=O)c2ccn(CCC=Cc3cccc(OCC(=O)O)c3)c2)cc1. The Balaban J connectivity index is 1.53. The van der Waals surface area contributed by atoms with Crippen molar-refractivity contribution < 1.29 is 19.4 Å². The molecule has 29 heavy (non-hydrogen) atoms. The van der Waals surface area contributed by atoms with Gasteiger partial charge in [-0.15, -0.1) is 0 Å². The van der Waals surface area contributed by atoms with Crippen molar-refractivity contribution in [3.63, 3.8) is 0 Å². The number of carbonyl (C=O) groups excluding carboxylic acids is 1. The normalized spacial score (nSPS) is 10.9. The Labute approximate surface area is 169 Å². The zero-order valence-corrected chi connectivity index (χ0v) is 16.2. The second-order valence-electron chi connectivity index (χ2n) is 6.78. The van der Waals surface area contributed by atoms with Gasteiger partial charge in [0, 0.05) is 30.1 Å². The van der Waals surface area contributed by atoms with E-state index in [0.29, 0.717) is 16.9 Å². The van der Waals surface area contributed by atoms with Crippen LogP contribution in [0.25, 0.3) is 6.08 Å². The summed E-state index contributed by atoms with van der Waals surface area (Å²) in [4.78, 5) is 23.1. The number of benzene rings is 2. The molecule has 0 fully saturated rings. The Morgan fingerprint density at radius 1 is 1.07 bits per heavy atom. The van der Waals surface area contributed by atoms with Crippen molar-refractivity contribution in [3.8, 4) is 5.75 Å². The molecular formula is C24H23NO4. The van der Waals surface area contributed by atoms with Crippen LogP contribution in [0.3, 0.4) is 0 Å². The third-order valence-corrected chi connectivity index (χ3v) is 4.41. The molecule has 3 aromatic rings. The Morgan fingerprint density at radius 2 is 1.86 bits per heavy atom. The van der Waals surface area contributed by atoms with Crippen LogP contribution in [0.4, 0.5) is 0 Å². The topological polar surface area (TPSA) is 68.5 Å². The second-order valence-corrected chi connectivity index (χ2v) is 6.78. The minimum absolute atomic E-state index is 0.0254. The molecule has 0 atom stereocenters. The van der Waals surface area contributed by atoms with Crippen LogP contribution in [0, 0.1) is 6.92 Å².